The zero-order chi connectivity index (χ0) is 21.7. The first-order valence-corrected chi connectivity index (χ1v) is 11.6. The Bertz CT molecular complexity index is 1330. The van der Waals surface area contributed by atoms with Gasteiger partial charge in [-0.3, -0.25) is 5.10 Å². The van der Waals surface area contributed by atoms with Gasteiger partial charge in [0.1, 0.15) is 22.7 Å². The topological polar surface area (TPSA) is 108 Å². The third-order valence-electron chi connectivity index (χ3n) is 6.33. The molecule has 1 atom stereocenters. The SMILES string of the molecule is COc1cc2[nH]ncc2cc1Nc1ncnc2sc3c(c12)CCC(NC(=O)N1CCC1)C3. The summed E-state index contributed by atoms with van der Waals surface area (Å²) in [5, 5.41) is 15.8. The van der Waals surface area contributed by atoms with Gasteiger partial charge in [-0.05, 0) is 30.9 Å². The van der Waals surface area contributed by atoms with Crippen molar-refractivity contribution in [1.82, 2.24) is 30.4 Å². The van der Waals surface area contributed by atoms with Gasteiger partial charge in [0, 0.05) is 41.9 Å². The van der Waals surface area contributed by atoms with Gasteiger partial charge < -0.3 is 20.3 Å². The number of hydrogen-bond acceptors (Lipinski definition) is 7. The van der Waals surface area contributed by atoms with E-state index in [0.717, 1.165) is 71.4 Å². The van der Waals surface area contributed by atoms with Crippen LogP contribution in [-0.2, 0) is 12.8 Å². The molecule has 3 aromatic heterocycles. The number of rotatable bonds is 4. The molecule has 0 spiro atoms. The second-order valence-corrected chi connectivity index (χ2v) is 9.35. The molecule has 0 saturated carbocycles. The first-order valence-electron chi connectivity index (χ1n) is 10.8. The number of nitrogens with zero attached hydrogens (tertiary/aromatic N) is 4. The molecule has 9 nitrogen and oxygen atoms in total. The number of H-pyrrole nitrogens is 1. The third kappa shape index (κ3) is 3.22. The van der Waals surface area contributed by atoms with Crippen LogP contribution < -0.4 is 15.4 Å². The van der Waals surface area contributed by atoms with Crippen LogP contribution in [-0.4, -0.2) is 57.3 Å². The van der Waals surface area contributed by atoms with Gasteiger partial charge >= 0.3 is 6.03 Å². The Morgan fingerprint density at radius 2 is 2.22 bits per heavy atom. The monoisotopic (exact) mass is 449 g/mol. The molecule has 1 saturated heterocycles. The molecule has 10 heteroatoms. The van der Waals surface area contributed by atoms with Gasteiger partial charge in [-0.15, -0.1) is 11.3 Å². The normalized spacial score (nSPS) is 17.8. The first kappa shape index (κ1) is 19.3. The predicted molar refractivity (Wildman–Crippen MR) is 124 cm³/mol. The number of hydrogen-bond donors (Lipinski definition) is 3. The van der Waals surface area contributed by atoms with Gasteiger partial charge in [0.15, 0.2) is 0 Å². The number of aryl methyl sites for hydroxylation is 1. The van der Waals surface area contributed by atoms with E-state index < -0.39 is 0 Å². The van der Waals surface area contributed by atoms with Gasteiger partial charge in [0.2, 0.25) is 0 Å². The molecular weight excluding hydrogens is 426 g/mol. The molecule has 4 aromatic rings. The van der Waals surface area contributed by atoms with E-state index in [9.17, 15) is 4.79 Å². The van der Waals surface area contributed by atoms with Crippen molar-refractivity contribution in [2.45, 2.75) is 31.7 Å². The average molecular weight is 450 g/mol. The summed E-state index contributed by atoms with van der Waals surface area (Å²) >= 11 is 1.70. The number of ether oxygens (including phenoxy) is 1. The van der Waals surface area contributed by atoms with E-state index in [1.807, 2.05) is 17.0 Å². The highest BCUT2D eigenvalue weighted by molar-refractivity contribution is 7.19. The highest BCUT2D eigenvalue weighted by Gasteiger charge is 2.28. The van der Waals surface area contributed by atoms with Crippen molar-refractivity contribution in [3.05, 3.63) is 35.1 Å². The maximum atomic E-state index is 12.3. The second kappa shape index (κ2) is 7.63. The number of amides is 2. The lowest BCUT2D eigenvalue weighted by Crippen LogP contribution is -2.51. The van der Waals surface area contributed by atoms with E-state index >= 15 is 0 Å². The Morgan fingerprint density at radius 1 is 1.31 bits per heavy atom. The molecule has 2 amide bonds. The highest BCUT2D eigenvalue weighted by Crippen LogP contribution is 2.40. The zero-order valence-corrected chi connectivity index (χ0v) is 18.5. The maximum Gasteiger partial charge on any atom is 0.317 e. The summed E-state index contributed by atoms with van der Waals surface area (Å²) < 4.78 is 5.59. The number of urea groups is 1. The molecule has 4 heterocycles. The number of fused-ring (bicyclic) bond motifs is 4. The Balaban J connectivity index is 1.31. The minimum absolute atomic E-state index is 0.0645. The smallest absolute Gasteiger partial charge is 0.317 e. The minimum Gasteiger partial charge on any atom is -0.494 e. The number of benzene rings is 1. The molecule has 2 aliphatic rings. The molecule has 32 heavy (non-hydrogen) atoms. The summed E-state index contributed by atoms with van der Waals surface area (Å²) in [7, 11) is 1.65. The molecule has 164 valence electrons. The van der Waals surface area contributed by atoms with E-state index in [0.29, 0.717) is 5.75 Å². The Morgan fingerprint density at radius 3 is 3.03 bits per heavy atom. The van der Waals surface area contributed by atoms with Crippen LogP contribution in [0, 0.1) is 0 Å². The lowest BCUT2D eigenvalue weighted by molar-refractivity contribution is 0.163. The first-order chi connectivity index (χ1) is 15.7. The Hall–Kier alpha value is -3.40. The van der Waals surface area contributed by atoms with E-state index in [1.54, 1.807) is 31.0 Å². The van der Waals surface area contributed by atoms with Crippen LogP contribution in [0.3, 0.4) is 0 Å². The molecule has 1 unspecified atom stereocenters. The number of aromatic nitrogens is 4. The second-order valence-electron chi connectivity index (χ2n) is 8.27. The Kier molecular flexibility index (Phi) is 4.60. The summed E-state index contributed by atoms with van der Waals surface area (Å²) in [4.78, 5) is 25.6. The van der Waals surface area contributed by atoms with E-state index in [1.165, 1.54) is 10.4 Å². The number of nitrogens with one attached hydrogen (secondary N) is 3. The number of carbonyl (C=O) groups excluding carboxylic acids is 1. The van der Waals surface area contributed by atoms with Crippen molar-refractivity contribution >= 4 is 50.0 Å². The van der Waals surface area contributed by atoms with Crippen molar-refractivity contribution in [2.75, 3.05) is 25.5 Å². The summed E-state index contributed by atoms with van der Waals surface area (Å²) in [6.45, 7) is 1.73. The average Bonchev–Trinajstić information content (AvgIpc) is 3.35. The number of likely N-dealkylation sites (tertiary alicyclic amines) is 1. The molecule has 0 radical (unpaired) electrons. The predicted octanol–water partition coefficient (Wildman–Crippen LogP) is 3.59. The summed E-state index contributed by atoms with van der Waals surface area (Å²) in [5.74, 6) is 1.49. The Labute approximate surface area is 188 Å². The summed E-state index contributed by atoms with van der Waals surface area (Å²) in [6, 6.07) is 4.16. The lowest BCUT2D eigenvalue weighted by Gasteiger charge is -2.33. The van der Waals surface area contributed by atoms with Crippen molar-refractivity contribution in [1.29, 1.82) is 0 Å². The molecular formula is C22H23N7O2S. The molecule has 1 aliphatic heterocycles. The van der Waals surface area contributed by atoms with Gasteiger partial charge in [-0.1, -0.05) is 0 Å². The highest BCUT2D eigenvalue weighted by atomic mass is 32.1. The summed E-state index contributed by atoms with van der Waals surface area (Å²) in [6.07, 6.45) is 7.12. The molecule has 0 bridgehead atoms. The van der Waals surface area contributed by atoms with Crippen molar-refractivity contribution < 1.29 is 9.53 Å². The van der Waals surface area contributed by atoms with Gasteiger partial charge in [-0.25, -0.2) is 14.8 Å². The van der Waals surface area contributed by atoms with Gasteiger partial charge in [0.25, 0.3) is 0 Å². The van der Waals surface area contributed by atoms with Crippen LogP contribution in [0.25, 0.3) is 21.1 Å². The molecule has 3 N–H and O–H groups in total. The minimum atomic E-state index is 0.0645. The van der Waals surface area contributed by atoms with Crippen LogP contribution in [0.15, 0.2) is 24.7 Å². The molecule has 1 aromatic carbocycles. The van der Waals surface area contributed by atoms with Crippen molar-refractivity contribution in [3.8, 4) is 5.75 Å². The number of anilines is 2. The van der Waals surface area contributed by atoms with E-state index in [2.05, 4.69) is 30.8 Å². The fraction of sp³-hybridized carbons (Fsp3) is 0.364. The standard InChI is InChI=1S/C22H23N7O2S/c1-31-17-9-15-12(10-25-28-15)7-16(17)27-20-19-14-4-3-13(26-22(30)29-5-2-6-29)8-18(14)32-21(19)24-11-23-20/h7,9-11,13H,2-6,8H2,1H3,(H,25,28)(H,26,30)(H,23,24,27). The lowest BCUT2D eigenvalue weighted by atomic mass is 9.93. The quantitative estimate of drug-likeness (QED) is 0.439. The fourth-order valence-corrected chi connectivity index (χ4v) is 5.75. The number of methoxy groups -OCH3 is 1. The maximum absolute atomic E-state index is 12.3. The summed E-state index contributed by atoms with van der Waals surface area (Å²) in [5.41, 5.74) is 3.03. The van der Waals surface area contributed by atoms with Crippen LogP contribution in [0.1, 0.15) is 23.3 Å². The third-order valence-corrected chi connectivity index (χ3v) is 7.49. The largest absolute Gasteiger partial charge is 0.494 e. The molecule has 1 fully saturated rings. The fourth-order valence-electron chi connectivity index (χ4n) is 4.48. The molecule has 6 rings (SSSR count). The van der Waals surface area contributed by atoms with Gasteiger partial charge in [0.05, 0.1) is 29.9 Å². The van der Waals surface area contributed by atoms with Gasteiger partial charge in [-0.2, -0.15) is 5.10 Å². The van der Waals surface area contributed by atoms with Crippen LogP contribution in [0.5, 0.6) is 5.75 Å². The van der Waals surface area contributed by atoms with Crippen LogP contribution >= 0.6 is 11.3 Å². The molecule has 1 aliphatic carbocycles. The number of carbonyl (C=O) groups is 1. The van der Waals surface area contributed by atoms with E-state index in [4.69, 9.17) is 4.74 Å². The zero-order valence-electron chi connectivity index (χ0n) is 17.6. The van der Waals surface area contributed by atoms with Crippen molar-refractivity contribution in [2.24, 2.45) is 0 Å². The number of aromatic amines is 1. The van der Waals surface area contributed by atoms with Crippen LogP contribution in [0.2, 0.25) is 0 Å². The van der Waals surface area contributed by atoms with Crippen molar-refractivity contribution in [3.63, 3.8) is 0 Å². The number of thiophene rings is 1. The van der Waals surface area contributed by atoms with Crippen LogP contribution in [0.4, 0.5) is 16.3 Å². The van der Waals surface area contributed by atoms with E-state index in [-0.39, 0.29) is 12.1 Å².